The minimum atomic E-state index is -2.14. The van der Waals surface area contributed by atoms with E-state index in [1.165, 1.54) is 0 Å². The van der Waals surface area contributed by atoms with Crippen LogP contribution in [0.5, 0.6) is 0 Å². The summed E-state index contributed by atoms with van der Waals surface area (Å²) in [6, 6.07) is 0. The second-order valence-electron chi connectivity index (χ2n) is 4.77. The van der Waals surface area contributed by atoms with Crippen LogP contribution in [-0.2, 0) is 14.8 Å². The van der Waals surface area contributed by atoms with Crippen molar-refractivity contribution in [2.24, 2.45) is 0 Å². The van der Waals surface area contributed by atoms with Gasteiger partial charge in [0, 0.05) is 0 Å². The van der Waals surface area contributed by atoms with Gasteiger partial charge in [0.05, 0.1) is 0 Å². The molecular formula is C12H28NPt. The molecule has 0 aliphatic heterocycles. The Morgan fingerprint density at radius 3 is 1.79 bits per heavy atom. The molecule has 0 N–H and O–H groups in total. The molecule has 0 spiro atoms. The van der Waals surface area contributed by atoms with Crippen LogP contribution in [0.25, 0.3) is 0 Å². The molecule has 2 heteroatoms. The fourth-order valence-electron chi connectivity index (χ4n) is 1.63. The van der Waals surface area contributed by atoms with Gasteiger partial charge >= 0.3 is 91.4 Å². The number of hydrogen-bond donors (Lipinski definition) is 0. The summed E-state index contributed by atoms with van der Waals surface area (Å²) in [5.41, 5.74) is 0. The molecule has 0 heterocycles. The molecule has 0 rings (SSSR count). The van der Waals surface area contributed by atoms with Gasteiger partial charge in [-0.2, -0.15) is 0 Å². The van der Waals surface area contributed by atoms with Crippen molar-refractivity contribution in [3.05, 3.63) is 12.7 Å². The minimum absolute atomic E-state index is 0.758. The van der Waals surface area contributed by atoms with Crippen LogP contribution in [0.2, 0.25) is 21.3 Å². The molecule has 1 atom stereocenters. The maximum absolute atomic E-state index is 3.90. The van der Waals surface area contributed by atoms with E-state index in [4.69, 9.17) is 0 Å². The summed E-state index contributed by atoms with van der Waals surface area (Å²) in [6.45, 7) is 10.7. The quantitative estimate of drug-likeness (QED) is 0.626. The molecule has 0 radical (unpaired) electrons. The van der Waals surface area contributed by atoms with Crippen molar-refractivity contribution in [3.8, 4) is 0 Å². The van der Waals surface area contributed by atoms with Gasteiger partial charge in [-0.3, -0.25) is 0 Å². The molecule has 0 aliphatic rings. The van der Waals surface area contributed by atoms with Gasteiger partial charge < -0.3 is 0 Å². The van der Waals surface area contributed by atoms with Gasteiger partial charge in [0.2, 0.25) is 0 Å². The zero-order valence-corrected chi connectivity index (χ0v) is 13.0. The molecule has 0 bridgehead atoms. The SMILES string of the molecule is C=CC[CH](N(CC)CC)[Pt]([CH3])([CH3])([CH3])[CH3]. The standard InChI is InChI=1S/C8H16N.4CH3.Pt/c1-4-7-8-9(5-2)6-3;;;;;/h4,8H,1,5-7H2,2-3H3;4*1H3;. The summed E-state index contributed by atoms with van der Waals surface area (Å²) in [5.74, 6) is 0. The summed E-state index contributed by atoms with van der Waals surface area (Å²) < 4.78 is 0.758. The van der Waals surface area contributed by atoms with E-state index in [9.17, 15) is 0 Å². The Balaban J connectivity index is 4.84. The molecule has 0 aromatic rings. The van der Waals surface area contributed by atoms with E-state index < -0.39 is 14.8 Å². The number of rotatable bonds is 6. The normalized spacial score (nSPS) is 17.5. The van der Waals surface area contributed by atoms with Gasteiger partial charge in [-0.25, -0.2) is 0 Å². The van der Waals surface area contributed by atoms with E-state index in [1.807, 2.05) is 0 Å². The van der Waals surface area contributed by atoms with Crippen LogP contribution >= 0.6 is 0 Å². The van der Waals surface area contributed by atoms with E-state index >= 15 is 0 Å². The van der Waals surface area contributed by atoms with Crippen LogP contribution in [0.4, 0.5) is 0 Å². The predicted octanol–water partition coefficient (Wildman–Crippen LogP) is 4.11. The van der Waals surface area contributed by atoms with Crippen molar-refractivity contribution < 1.29 is 14.8 Å². The van der Waals surface area contributed by atoms with E-state index in [0.717, 1.165) is 23.9 Å². The first kappa shape index (κ1) is 14.4. The van der Waals surface area contributed by atoms with E-state index in [-0.39, 0.29) is 0 Å². The van der Waals surface area contributed by atoms with Crippen molar-refractivity contribution in [1.29, 1.82) is 0 Å². The summed E-state index contributed by atoms with van der Waals surface area (Å²) in [7, 11) is 0. The van der Waals surface area contributed by atoms with Crippen LogP contribution in [0, 0.1) is 0 Å². The molecule has 0 aliphatic carbocycles. The molecular weight excluding hydrogens is 353 g/mol. The summed E-state index contributed by atoms with van der Waals surface area (Å²) in [5, 5.41) is 10.0. The first-order valence-electron chi connectivity index (χ1n) is 4.98. The van der Waals surface area contributed by atoms with Gasteiger partial charge in [-0.05, 0) is 0 Å². The van der Waals surface area contributed by atoms with Gasteiger partial charge in [0.15, 0.2) is 0 Å². The molecule has 0 fully saturated rings. The summed E-state index contributed by atoms with van der Waals surface area (Å²) >= 11 is -2.14. The van der Waals surface area contributed by atoms with Gasteiger partial charge in [-0.15, -0.1) is 0 Å². The summed E-state index contributed by atoms with van der Waals surface area (Å²) in [4.78, 5) is 2.61. The van der Waals surface area contributed by atoms with Crippen LogP contribution in [0.15, 0.2) is 12.7 Å². The zero-order chi connectivity index (χ0) is 11.4. The predicted molar refractivity (Wildman–Crippen MR) is 65.0 cm³/mol. The van der Waals surface area contributed by atoms with Crippen molar-refractivity contribution in [2.45, 2.75) is 46.0 Å². The molecule has 0 saturated heterocycles. The molecule has 0 saturated carbocycles. The number of nitrogens with zero attached hydrogens (tertiary/aromatic N) is 1. The fraction of sp³-hybridized carbons (Fsp3) is 0.833. The Morgan fingerprint density at radius 1 is 1.14 bits per heavy atom. The van der Waals surface area contributed by atoms with Crippen LogP contribution in [-0.4, -0.2) is 22.4 Å². The van der Waals surface area contributed by atoms with Crippen molar-refractivity contribution >= 4 is 0 Å². The maximum atomic E-state index is 3.90. The fourth-order valence-corrected chi connectivity index (χ4v) is 8.30. The first-order chi connectivity index (χ1) is 6.23. The Morgan fingerprint density at radius 2 is 1.57 bits per heavy atom. The number of hydrogen-bond acceptors (Lipinski definition) is 1. The molecule has 0 aromatic carbocycles. The monoisotopic (exact) mass is 381 g/mol. The summed E-state index contributed by atoms with van der Waals surface area (Å²) in [6.07, 6.45) is 3.24. The molecule has 0 aromatic heterocycles. The second-order valence-corrected chi connectivity index (χ2v) is 25.2. The molecule has 14 heavy (non-hydrogen) atoms. The van der Waals surface area contributed by atoms with Crippen molar-refractivity contribution in [3.63, 3.8) is 0 Å². The van der Waals surface area contributed by atoms with Crippen LogP contribution < -0.4 is 0 Å². The van der Waals surface area contributed by atoms with Gasteiger partial charge in [0.25, 0.3) is 0 Å². The Bertz CT molecular complexity index is 177. The Kier molecular flexibility index (Phi) is 5.08. The third-order valence-corrected chi connectivity index (χ3v) is 9.80. The third kappa shape index (κ3) is 4.27. The van der Waals surface area contributed by atoms with E-state index in [0.29, 0.717) is 0 Å². The van der Waals surface area contributed by atoms with Gasteiger partial charge in [-0.1, -0.05) is 0 Å². The molecule has 1 unspecified atom stereocenters. The van der Waals surface area contributed by atoms with E-state index in [2.05, 4.69) is 52.7 Å². The molecule has 0 amide bonds. The molecule has 91 valence electrons. The van der Waals surface area contributed by atoms with Crippen LogP contribution in [0.1, 0.15) is 20.3 Å². The third-order valence-electron chi connectivity index (χ3n) is 2.38. The molecule has 1 nitrogen and oxygen atoms in total. The second kappa shape index (κ2) is 4.94. The first-order valence-corrected chi connectivity index (χ1v) is 15.4. The van der Waals surface area contributed by atoms with Crippen LogP contribution in [0.3, 0.4) is 0 Å². The van der Waals surface area contributed by atoms with Gasteiger partial charge in [0.1, 0.15) is 0 Å². The Labute approximate surface area is 91.4 Å². The van der Waals surface area contributed by atoms with E-state index in [1.54, 1.807) is 0 Å². The zero-order valence-electron chi connectivity index (χ0n) is 10.7. The van der Waals surface area contributed by atoms with Crippen molar-refractivity contribution in [2.75, 3.05) is 13.1 Å². The topological polar surface area (TPSA) is 3.24 Å². The average Bonchev–Trinajstić information content (AvgIpc) is 2.02. The average molecular weight is 381 g/mol. The van der Waals surface area contributed by atoms with Crippen molar-refractivity contribution in [1.82, 2.24) is 4.90 Å². The Hall–Kier alpha value is 0.388.